The van der Waals surface area contributed by atoms with Crippen molar-refractivity contribution in [2.75, 3.05) is 17.7 Å². The molecule has 8 heteroatoms. The van der Waals surface area contributed by atoms with Crippen molar-refractivity contribution in [1.82, 2.24) is 0 Å². The molecule has 3 N–H and O–H groups in total. The summed E-state index contributed by atoms with van der Waals surface area (Å²) in [5.74, 6) is -0.925. The monoisotopic (exact) mass is 392 g/mol. The Morgan fingerprint density at radius 3 is 2.31 bits per heavy atom. The van der Waals surface area contributed by atoms with Gasteiger partial charge in [0.1, 0.15) is 0 Å². The molecule has 0 aliphatic carbocycles. The van der Waals surface area contributed by atoms with E-state index in [1.54, 1.807) is 24.3 Å². The molecule has 0 heterocycles. The molecule has 0 aliphatic rings. The fourth-order valence-corrected chi connectivity index (χ4v) is 2.88. The third kappa shape index (κ3) is 6.78. The molecule has 0 aliphatic heterocycles. The minimum Gasteiger partial charge on any atom is -0.456 e. The summed E-state index contributed by atoms with van der Waals surface area (Å²) >= 11 is 7.31. The summed E-state index contributed by atoms with van der Waals surface area (Å²) in [7, 11) is 0. The number of benzene rings is 2. The highest BCUT2D eigenvalue weighted by Gasteiger charge is 2.09. The molecule has 0 aromatic heterocycles. The van der Waals surface area contributed by atoms with Gasteiger partial charge in [0.2, 0.25) is 5.91 Å². The van der Waals surface area contributed by atoms with Gasteiger partial charge in [-0.15, -0.1) is 11.8 Å². The number of anilines is 1. The molecule has 0 atom stereocenters. The number of nitrogens with two attached hydrogens (primary N) is 1. The van der Waals surface area contributed by atoms with E-state index in [2.05, 4.69) is 5.32 Å². The molecule has 26 heavy (non-hydrogen) atoms. The summed E-state index contributed by atoms with van der Waals surface area (Å²) in [5, 5.41) is 3.22. The number of hydrogen-bond donors (Lipinski definition) is 2. The lowest BCUT2D eigenvalue weighted by Crippen LogP contribution is -2.21. The number of rotatable bonds is 8. The van der Waals surface area contributed by atoms with Gasteiger partial charge in [0, 0.05) is 26.9 Å². The minimum atomic E-state index is -0.548. The summed E-state index contributed by atoms with van der Waals surface area (Å²) in [5.41, 5.74) is 5.96. The van der Waals surface area contributed by atoms with Crippen molar-refractivity contribution >= 4 is 46.8 Å². The van der Waals surface area contributed by atoms with E-state index in [1.807, 2.05) is 12.1 Å². The van der Waals surface area contributed by atoms with Crippen molar-refractivity contribution in [2.24, 2.45) is 5.73 Å². The molecule has 0 saturated carbocycles. The Labute approximate surface area is 160 Å². The van der Waals surface area contributed by atoms with Gasteiger partial charge in [-0.2, -0.15) is 0 Å². The zero-order valence-electron chi connectivity index (χ0n) is 13.7. The quantitative estimate of drug-likeness (QED) is 0.531. The maximum atomic E-state index is 11.8. The van der Waals surface area contributed by atoms with Gasteiger partial charge in [-0.05, 0) is 48.5 Å². The third-order valence-corrected chi connectivity index (χ3v) is 4.47. The van der Waals surface area contributed by atoms with E-state index >= 15 is 0 Å². The summed E-state index contributed by atoms with van der Waals surface area (Å²) in [6.45, 7) is -0.373. The Balaban J connectivity index is 1.67. The van der Waals surface area contributed by atoms with E-state index in [0.717, 1.165) is 4.90 Å². The number of ether oxygens (including phenoxy) is 1. The van der Waals surface area contributed by atoms with Gasteiger partial charge in [0.05, 0.1) is 6.42 Å². The summed E-state index contributed by atoms with van der Waals surface area (Å²) in [4.78, 5) is 35.4. The van der Waals surface area contributed by atoms with Crippen molar-refractivity contribution in [2.45, 2.75) is 11.3 Å². The van der Waals surface area contributed by atoms with Crippen molar-refractivity contribution in [1.29, 1.82) is 0 Å². The first kappa shape index (κ1) is 19.8. The van der Waals surface area contributed by atoms with Gasteiger partial charge in [-0.25, -0.2) is 0 Å². The van der Waals surface area contributed by atoms with Gasteiger partial charge >= 0.3 is 5.97 Å². The number of primary amides is 1. The van der Waals surface area contributed by atoms with Crippen LogP contribution in [0.1, 0.15) is 16.8 Å². The minimum absolute atomic E-state index is 0.188. The third-order valence-electron chi connectivity index (χ3n) is 3.21. The molecule has 0 bridgehead atoms. The zero-order valence-corrected chi connectivity index (χ0v) is 15.3. The first-order valence-corrected chi connectivity index (χ1v) is 9.04. The Kier molecular flexibility index (Phi) is 7.50. The van der Waals surface area contributed by atoms with Gasteiger partial charge in [-0.3, -0.25) is 14.4 Å². The SMILES string of the molecule is NC(=O)c1ccc(NC(=O)COC(=O)CCSc2ccc(Cl)cc2)cc1. The summed E-state index contributed by atoms with van der Waals surface area (Å²) in [6, 6.07) is 13.4. The molecular formula is C18H17ClN2O4S. The molecule has 2 rings (SSSR count). The summed E-state index contributed by atoms with van der Waals surface area (Å²) < 4.78 is 4.94. The van der Waals surface area contributed by atoms with Crippen LogP contribution >= 0.6 is 23.4 Å². The molecule has 2 aromatic carbocycles. The van der Waals surface area contributed by atoms with E-state index in [-0.39, 0.29) is 13.0 Å². The molecule has 0 fully saturated rings. The van der Waals surface area contributed by atoms with Crippen LogP contribution in [0.15, 0.2) is 53.4 Å². The van der Waals surface area contributed by atoms with E-state index in [1.165, 1.54) is 23.9 Å². The maximum Gasteiger partial charge on any atom is 0.307 e. The number of carbonyl (C=O) groups excluding carboxylic acids is 3. The fourth-order valence-electron chi connectivity index (χ4n) is 1.92. The fraction of sp³-hybridized carbons (Fsp3) is 0.167. The average molecular weight is 393 g/mol. The van der Waals surface area contributed by atoms with Crippen LogP contribution in [0.5, 0.6) is 0 Å². The van der Waals surface area contributed by atoms with E-state index in [0.29, 0.717) is 22.0 Å². The first-order chi connectivity index (χ1) is 12.4. The number of carbonyl (C=O) groups is 3. The highest BCUT2D eigenvalue weighted by Crippen LogP contribution is 2.21. The second-order valence-electron chi connectivity index (χ2n) is 5.20. The number of thioether (sulfide) groups is 1. The normalized spacial score (nSPS) is 10.2. The maximum absolute atomic E-state index is 11.8. The van der Waals surface area contributed by atoms with E-state index in [4.69, 9.17) is 22.1 Å². The van der Waals surface area contributed by atoms with Crippen molar-refractivity contribution < 1.29 is 19.1 Å². The van der Waals surface area contributed by atoms with Crippen molar-refractivity contribution in [3.8, 4) is 0 Å². The predicted octanol–water partition coefficient (Wildman–Crippen LogP) is 3.10. The standard InChI is InChI=1S/C18H17ClN2O4S/c19-13-3-7-15(8-4-13)26-10-9-17(23)25-11-16(22)21-14-5-1-12(2-6-14)18(20)24/h1-8H,9-11H2,(H2,20,24)(H,21,22). The topological polar surface area (TPSA) is 98.5 Å². The lowest BCUT2D eigenvalue weighted by molar-refractivity contribution is -0.146. The van der Waals surface area contributed by atoms with Crippen molar-refractivity contribution in [3.63, 3.8) is 0 Å². The molecule has 2 aromatic rings. The Bertz CT molecular complexity index is 779. The Hall–Kier alpha value is -2.51. The molecule has 0 saturated heterocycles. The predicted molar refractivity (Wildman–Crippen MR) is 101 cm³/mol. The highest BCUT2D eigenvalue weighted by molar-refractivity contribution is 7.99. The van der Waals surface area contributed by atoms with Crippen LogP contribution in [-0.2, 0) is 14.3 Å². The second kappa shape index (κ2) is 9.84. The summed E-state index contributed by atoms with van der Waals surface area (Å²) in [6.07, 6.45) is 0.188. The van der Waals surface area contributed by atoms with Crippen molar-refractivity contribution in [3.05, 3.63) is 59.1 Å². The van der Waals surface area contributed by atoms with Crippen LogP contribution < -0.4 is 11.1 Å². The lowest BCUT2D eigenvalue weighted by Gasteiger charge is -2.07. The molecule has 0 unspecified atom stereocenters. The molecule has 136 valence electrons. The number of amides is 2. The highest BCUT2D eigenvalue weighted by atomic mass is 35.5. The number of nitrogens with one attached hydrogen (secondary N) is 1. The van der Waals surface area contributed by atoms with Gasteiger partial charge in [0.25, 0.3) is 5.91 Å². The van der Waals surface area contributed by atoms with Gasteiger partial charge in [0.15, 0.2) is 6.61 Å². The van der Waals surface area contributed by atoms with Crippen LogP contribution in [0.2, 0.25) is 5.02 Å². The number of esters is 1. The first-order valence-electron chi connectivity index (χ1n) is 7.68. The zero-order chi connectivity index (χ0) is 18.9. The molecule has 0 radical (unpaired) electrons. The van der Waals surface area contributed by atoms with E-state index in [9.17, 15) is 14.4 Å². The van der Waals surface area contributed by atoms with E-state index < -0.39 is 17.8 Å². The Morgan fingerprint density at radius 2 is 1.69 bits per heavy atom. The van der Waals surface area contributed by atoms with Gasteiger partial charge in [-0.1, -0.05) is 11.6 Å². The van der Waals surface area contributed by atoms with Crippen LogP contribution in [-0.4, -0.2) is 30.1 Å². The smallest absolute Gasteiger partial charge is 0.307 e. The molecular weight excluding hydrogens is 376 g/mol. The average Bonchev–Trinajstić information content (AvgIpc) is 2.62. The molecule has 0 spiro atoms. The molecule has 6 nitrogen and oxygen atoms in total. The van der Waals surface area contributed by atoms with Crippen LogP contribution in [0, 0.1) is 0 Å². The lowest BCUT2D eigenvalue weighted by atomic mass is 10.2. The van der Waals surface area contributed by atoms with Crippen LogP contribution in [0.3, 0.4) is 0 Å². The van der Waals surface area contributed by atoms with Crippen LogP contribution in [0.25, 0.3) is 0 Å². The number of halogens is 1. The molecule has 2 amide bonds. The van der Waals surface area contributed by atoms with Crippen LogP contribution in [0.4, 0.5) is 5.69 Å². The second-order valence-corrected chi connectivity index (χ2v) is 6.81. The number of hydrogen-bond acceptors (Lipinski definition) is 5. The largest absolute Gasteiger partial charge is 0.456 e. The Morgan fingerprint density at radius 1 is 1.04 bits per heavy atom. The van der Waals surface area contributed by atoms with Gasteiger partial charge < -0.3 is 15.8 Å².